The number of nitrogens with one attached hydrogen (secondary N) is 1. The maximum absolute atomic E-state index is 13.1. The van der Waals surface area contributed by atoms with Crippen molar-refractivity contribution in [3.8, 4) is 23.0 Å². The number of carbonyl (C=O) groups is 1. The summed E-state index contributed by atoms with van der Waals surface area (Å²) in [4.78, 5) is 13.1. The van der Waals surface area contributed by atoms with Crippen molar-refractivity contribution >= 4 is 27.3 Å². The van der Waals surface area contributed by atoms with Crippen LogP contribution >= 0.6 is 0 Å². The topological polar surface area (TPSA) is 94.2 Å². The number of anilines is 2. The highest BCUT2D eigenvalue weighted by atomic mass is 32.2. The van der Waals surface area contributed by atoms with Gasteiger partial charge < -0.3 is 19.5 Å². The van der Waals surface area contributed by atoms with E-state index in [1.165, 1.54) is 40.3 Å². The number of ether oxygens (including phenoxy) is 3. The lowest BCUT2D eigenvalue weighted by Gasteiger charge is -2.23. The fraction of sp³-hybridized carbons (Fsp3) is 0.208. The van der Waals surface area contributed by atoms with E-state index in [1.807, 2.05) is 30.3 Å². The highest BCUT2D eigenvalue weighted by molar-refractivity contribution is 7.92. The van der Waals surface area contributed by atoms with Gasteiger partial charge >= 0.3 is 0 Å². The van der Waals surface area contributed by atoms with Gasteiger partial charge in [-0.3, -0.25) is 9.10 Å². The van der Waals surface area contributed by atoms with Gasteiger partial charge in [-0.05, 0) is 49.4 Å². The van der Waals surface area contributed by atoms with Crippen LogP contribution in [0.15, 0.2) is 66.7 Å². The molecule has 0 saturated carbocycles. The lowest BCUT2D eigenvalue weighted by atomic mass is 10.1. The molecule has 3 aromatic rings. The molecule has 3 rings (SSSR count). The molecule has 0 aliphatic carbocycles. The lowest BCUT2D eigenvalue weighted by molar-refractivity contribution is 0.102. The van der Waals surface area contributed by atoms with Crippen LogP contribution in [-0.2, 0) is 10.0 Å². The number of hydrogen-bond donors (Lipinski definition) is 1. The third kappa shape index (κ3) is 5.56. The van der Waals surface area contributed by atoms with Crippen LogP contribution in [0.1, 0.15) is 17.3 Å². The van der Waals surface area contributed by atoms with Gasteiger partial charge in [0.05, 0.1) is 31.2 Å². The Hall–Kier alpha value is -3.72. The molecule has 0 unspecified atom stereocenters. The minimum Gasteiger partial charge on any atom is -0.493 e. The maximum atomic E-state index is 13.1. The Morgan fingerprint density at radius 1 is 0.909 bits per heavy atom. The summed E-state index contributed by atoms with van der Waals surface area (Å²) < 4.78 is 42.4. The van der Waals surface area contributed by atoms with Crippen LogP contribution in [0.2, 0.25) is 0 Å². The molecular formula is C24H26N2O6S. The zero-order chi connectivity index (χ0) is 24.0. The predicted octanol–water partition coefficient (Wildman–Crippen LogP) is 4.53. The molecule has 1 amide bonds. The molecule has 0 aliphatic rings. The first-order valence-corrected chi connectivity index (χ1v) is 11.8. The Kier molecular flexibility index (Phi) is 7.44. The van der Waals surface area contributed by atoms with Crippen LogP contribution in [-0.4, -0.2) is 41.3 Å². The summed E-state index contributed by atoms with van der Waals surface area (Å²) in [5.74, 6) is 1.30. The van der Waals surface area contributed by atoms with Crippen molar-refractivity contribution in [3.05, 3.63) is 72.3 Å². The summed E-state index contributed by atoms with van der Waals surface area (Å²) in [5, 5.41) is 2.79. The van der Waals surface area contributed by atoms with E-state index in [0.29, 0.717) is 28.7 Å². The van der Waals surface area contributed by atoms with E-state index in [1.54, 1.807) is 24.3 Å². The summed E-state index contributed by atoms with van der Waals surface area (Å²) in [6, 6.07) is 19.1. The van der Waals surface area contributed by atoms with E-state index in [4.69, 9.17) is 14.2 Å². The molecule has 0 atom stereocenters. The lowest BCUT2D eigenvalue weighted by Crippen LogP contribution is -2.30. The molecule has 0 bridgehead atoms. The molecule has 0 spiro atoms. The van der Waals surface area contributed by atoms with E-state index in [2.05, 4.69) is 5.32 Å². The first-order chi connectivity index (χ1) is 15.8. The second kappa shape index (κ2) is 10.3. The van der Waals surface area contributed by atoms with Gasteiger partial charge in [-0.25, -0.2) is 8.42 Å². The number of methoxy groups -OCH3 is 2. The zero-order valence-corrected chi connectivity index (χ0v) is 19.7. The number of carbonyl (C=O) groups excluding carboxylic acids is 1. The molecule has 0 aliphatic heterocycles. The van der Waals surface area contributed by atoms with Crippen molar-refractivity contribution in [2.45, 2.75) is 6.92 Å². The van der Waals surface area contributed by atoms with Crippen molar-refractivity contribution in [1.29, 1.82) is 0 Å². The van der Waals surface area contributed by atoms with Gasteiger partial charge in [0.25, 0.3) is 5.91 Å². The van der Waals surface area contributed by atoms with Crippen molar-refractivity contribution < 1.29 is 27.4 Å². The van der Waals surface area contributed by atoms with Crippen LogP contribution in [0.5, 0.6) is 23.0 Å². The third-order valence-electron chi connectivity index (χ3n) is 4.96. The first-order valence-electron chi connectivity index (χ1n) is 10.2. The van der Waals surface area contributed by atoms with Gasteiger partial charge in [0.1, 0.15) is 11.5 Å². The van der Waals surface area contributed by atoms with Gasteiger partial charge in [0.2, 0.25) is 10.0 Å². The summed E-state index contributed by atoms with van der Waals surface area (Å²) in [5.41, 5.74) is 0.815. The quantitative estimate of drug-likeness (QED) is 0.494. The molecule has 8 nitrogen and oxygen atoms in total. The van der Waals surface area contributed by atoms with Crippen molar-refractivity contribution in [2.24, 2.45) is 0 Å². The Balaban J connectivity index is 1.89. The summed E-state index contributed by atoms with van der Waals surface area (Å²) in [6.07, 6.45) is 0. The van der Waals surface area contributed by atoms with E-state index in [0.717, 1.165) is 4.31 Å². The van der Waals surface area contributed by atoms with Gasteiger partial charge in [-0.2, -0.15) is 0 Å². The largest absolute Gasteiger partial charge is 0.493 e. The van der Waals surface area contributed by atoms with Crippen LogP contribution in [0, 0.1) is 0 Å². The SMILES string of the molecule is CCS(=O)(=O)N(C)c1cc(OC)c(OC)cc1C(=O)Nc1ccc(Oc2ccccc2)cc1. The molecule has 1 N–H and O–H groups in total. The average molecular weight is 471 g/mol. The zero-order valence-electron chi connectivity index (χ0n) is 18.9. The Labute approximate surface area is 193 Å². The average Bonchev–Trinajstić information content (AvgIpc) is 2.84. The number of hydrogen-bond acceptors (Lipinski definition) is 6. The van der Waals surface area contributed by atoms with E-state index in [9.17, 15) is 13.2 Å². The fourth-order valence-corrected chi connectivity index (χ4v) is 3.92. The molecule has 0 aromatic heterocycles. The van der Waals surface area contributed by atoms with Crippen LogP contribution < -0.4 is 23.8 Å². The molecule has 0 radical (unpaired) electrons. The molecule has 0 heterocycles. The number of para-hydroxylation sites is 1. The molecule has 33 heavy (non-hydrogen) atoms. The number of benzene rings is 3. The standard InChI is InChI=1S/C24H26N2O6S/c1-5-33(28,29)26(2)21-16-23(31-4)22(30-3)15-20(21)24(27)25-17-11-13-19(14-12-17)32-18-9-7-6-8-10-18/h6-16H,5H2,1-4H3,(H,25,27). The Bertz CT molecular complexity index is 1210. The minimum atomic E-state index is -3.62. The third-order valence-corrected chi connectivity index (χ3v) is 6.72. The molecule has 3 aromatic carbocycles. The summed E-state index contributed by atoms with van der Waals surface area (Å²) >= 11 is 0. The van der Waals surface area contributed by atoms with E-state index < -0.39 is 15.9 Å². The van der Waals surface area contributed by atoms with Crippen LogP contribution in [0.3, 0.4) is 0 Å². The van der Waals surface area contributed by atoms with Crippen molar-refractivity contribution in [2.75, 3.05) is 36.6 Å². The molecular weight excluding hydrogens is 444 g/mol. The van der Waals surface area contributed by atoms with E-state index >= 15 is 0 Å². The fourth-order valence-electron chi connectivity index (χ4n) is 3.08. The highest BCUT2D eigenvalue weighted by Crippen LogP contribution is 2.36. The summed E-state index contributed by atoms with van der Waals surface area (Å²) in [6.45, 7) is 1.53. The molecule has 0 fully saturated rings. The number of amides is 1. The van der Waals surface area contributed by atoms with Gasteiger partial charge in [-0.15, -0.1) is 0 Å². The first kappa shape index (κ1) is 23.9. The van der Waals surface area contributed by atoms with Crippen LogP contribution in [0.4, 0.5) is 11.4 Å². The van der Waals surface area contributed by atoms with Gasteiger partial charge in [0.15, 0.2) is 11.5 Å². The predicted molar refractivity (Wildman–Crippen MR) is 128 cm³/mol. The normalized spacial score (nSPS) is 10.9. The number of nitrogens with zero attached hydrogens (tertiary/aromatic N) is 1. The highest BCUT2D eigenvalue weighted by Gasteiger charge is 2.25. The Morgan fingerprint density at radius 3 is 2.06 bits per heavy atom. The Morgan fingerprint density at radius 2 is 1.48 bits per heavy atom. The van der Waals surface area contributed by atoms with Gasteiger partial charge in [0, 0.05) is 18.8 Å². The second-order valence-electron chi connectivity index (χ2n) is 6.99. The van der Waals surface area contributed by atoms with Crippen molar-refractivity contribution in [3.63, 3.8) is 0 Å². The monoisotopic (exact) mass is 470 g/mol. The van der Waals surface area contributed by atoms with E-state index in [-0.39, 0.29) is 17.0 Å². The molecule has 174 valence electrons. The molecule has 0 saturated heterocycles. The van der Waals surface area contributed by atoms with Crippen LogP contribution in [0.25, 0.3) is 0 Å². The second-order valence-corrected chi connectivity index (χ2v) is 9.27. The smallest absolute Gasteiger partial charge is 0.257 e. The van der Waals surface area contributed by atoms with Gasteiger partial charge in [-0.1, -0.05) is 18.2 Å². The van der Waals surface area contributed by atoms with Crippen molar-refractivity contribution in [1.82, 2.24) is 0 Å². The number of rotatable bonds is 9. The minimum absolute atomic E-state index is 0.122. The maximum Gasteiger partial charge on any atom is 0.257 e. The number of sulfonamides is 1. The summed E-state index contributed by atoms with van der Waals surface area (Å²) in [7, 11) is 0.657. The molecule has 9 heteroatoms.